The quantitative estimate of drug-likeness (QED) is 0.850. The van der Waals surface area contributed by atoms with Gasteiger partial charge in [-0.1, -0.05) is 30.3 Å². The average molecular weight is 264 g/mol. The summed E-state index contributed by atoms with van der Waals surface area (Å²) in [6.45, 7) is 0.273. The molecule has 1 atom stereocenters. The predicted molar refractivity (Wildman–Crippen MR) is 57.3 cm³/mol. The van der Waals surface area contributed by atoms with Gasteiger partial charge in [-0.15, -0.1) is 17.0 Å². The van der Waals surface area contributed by atoms with E-state index in [0.29, 0.717) is 0 Å². The Bertz CT molecular complexity index is 245. The summed E-state index contributed by atoms with van der Waals surface area (Å²) in [7, 11) is -0.320. The average Bonchev–Trinajstić information content (AvgIpc) is 2.15. The van der Waals surface area contributed by atoms with E-state index in [2.05, 4.69) is 4.52 Å². The smallest absolute Gasteiger partial charge is 0.322 e. The van der Waals surface area contributed by atoms with Crippen molar-refractivity contribution in [2.75, 3.05) is 6.61 Å². The lowest BCUT2D eigenvalue weighted by atomic mass is 10.1. The molecule has 1 rings (SSSR count). The zero-order valence-electron chi connectivity index (χ0n) is 6.92. The van der Waals surface area contributed by atoms with Crippen LogP contribution in [0.5, 0.6) is 0 Å². The van der Waals surface area contributed by atoms with Gasteiger partial charge >= 0.3 is 8.69 Å². The molecule has 5 heteroatoms. The summed E-state index contributed by atoms with van der Waals surface area (Å²) >= 11 is 0. The van der Waals surface area contributed by atoms with Gasteiger partial charge in [0.25, 0.3) is 0 Å². The van der Waals surface area contributed by atoms with Gasteiger partial charge in [0.1, 0.15) is 0 Å². The highest BCUT2D eigenvalue weighted by molar-refractivity contribution is 8.93. The van der Waals surface area contributed by atoms with Crippen molar-refractivity contribution >= 4 is 25.7 Å². The molecule has 1 aromatic rings. The number of rotatable bonds is 4. The lowest BCUT2D eigenvalue weighted by molar-refractivity contribution is 0.314. The fourth-order valence-corrected chi connectivity index (χ4v) is 1.13. The van der Waals surface area contributed by atoms with Crippen molar-refractivity contribution in [2.45, 2.75) is 6.04 Å². The monoisotopic (exact) mass is 263 g/mol. The molecule has 0 spiro atoms. The van der Waals surface area contributed by atoms with E-state index in [1.54, 1.807) is 0 Å². The number of hydrogen-bond acceptors (Lipinski definition) is 3. The molecule has 0 heterocycles. The Labute approximate surface area is 89.3 Å². The van der Waals surface area contributed by atoms with Crippen molar-refractivity contribution in [3.8, 4) is 0 Å². The molecular weight excluding hydrogens is 253 g/mol. The van der Waals surface area contributed by atoms with Crippen LogP contribution in [-0.2, 0) is 9.09 Å². The third-order valence-electron chi connectivity index (χ3n) is 1.53. The summed E-state index contributed by atoms with van der Waals surface area (Å²) in [5.74, 6) is 0. The molecule has 0 saturated heterocycles. The van der Waals surface area contributed by atoms with Crippen LogP contribution in [0.25, 0.3) is 0 Å². The van der Waals surface area contributed by atoms with Crippen LogP contribution in [0.2, 0.25) is 0 Å². The number of benzene rings is 1. The van der Waals surface area contributed by atoms with Crippen molar-refractivity contribution in [3.05, 3.63) is 35.9 Å². The van der Waals surface area contributed by atoms with Crippen LogP contribution in [0.1, 0.15) is 11.6 Å². The van der Waals surface area contributed by atoms with Gasteiger partial charge in [-0.2, -0.15) is 0 Å². The van der Waals surface area contributed by atoms with Gasteiger partial charge in [0.15, 0.2) is 0 Å². The Morgan fingerprint density at radius 1 is 1.38 bits per heavy atom. The zero-order chi connectivity index (χ0) is 8.81. The van der Waals surface area contributed by atoms with E-state index < -0.39 is 0 Å². The lowest BCUT2D eigenvalue weighted by Crippen LogP contribution is -2.14. The molecule has 0 fully saturated rings. The Morgan fingerprint density at radius 3 is 2.54 bits per heavy atom. The maximum Gasteiger partial charge on any atom is 0.327 e. The van der Waals surface area contributed by atoms with E-state index in [-0.39, 0.29) is 38.3 Å². The van der Waals surface area contributed by atoms with Gasteiger partial charge in [-0.3, -0.25) is 4.52 Å². The highest BCUT2D eigenvalue weighted by atomic mass is 79.9. The summed E-state index contributed by atoms with van der Waals surface area (Å²) in [6.07, 6.45) is 0. The highest BCUT2D eigenvalue weighted by Gasteiger charge is 2.04. The van der Waals surface area contributed by atoms with Gasteiger partial charge in [0, 0.05) is 0 Å². The standard InChI is InChI=1S/C8H10NO2P.BrH/c9-8(6-11-12-10)7-4-2-1-3-5-7;/h1-5,8H,6,9H2;1H. The first-order chi connectivity index (χ1) is 5.84. The number of nitrogens with two attached hydrogens (primary N) is 1. The molecule has 0 bridgehead atoms. The van der Waals surface area contributed by atoms with Crippen molar-refractivity contribution < 1.29 is 9.09 Å². The summed E-state index contributed by atoms with van der Waals surface area (Å²) in [4.78, 5) is 0. The molecule has 1 aromatic carbocycles. The Hall–Kier alpha value is -0.280. The fourth-order valence-electron chi connectivity index (χ4n) is 0.907. The first-order valence-corrected chi connectivity index (χ1v) is 4.33. The van der Waals surface area contributed by atoms with Crippen molar-refractivity contribution in [3.63, 3.8) is 0 Å². The van der Waals surface area contributed by atoms with Gasteiger partial charge < -0.3 is 5.73 Å². The highest BCUT2D eigenvalue weighted by Crippen LogP contribution is 2.11. The van der Waals surface area contributed by atoms with Crippen molar-refractivity contribution in [1.82, 2.24) is 0 Å². The topological polar surface area (TPSA) is 52.3 Å². The van der Waals surface area contributed by atoms with Crippen LogP contribution in [0.4, 0.5) is 0 Å². The maximum atomic E-state index is 9.96. The summed E-state index contributed by atoms with van der Waals surface area (Å²) in [5.41, 5.74) is 6.70. The van der Waals surface area contributed by atoms with Crippen LogP contribution >= 0.6 is 25.7 Å². The maximum absolute atomic E-state index is 9.96. The van der Waals surface area contributed by atoms with Gasteiger partial charge in [0.05, 0.1) is 12.6 Å². The molecule has 0 aliphatic rings. The van der Waals surface area contributed by atoms with E-state index in [1.807, 2.05) is 30.3 Å². The predicted octanol–water partition coefficient (Wildman–Crippen LogP) is 2.49. The summed E-state index contributed by atoms with van der Waals surface area (Å²) in [5, 5.41) is 0. The Balaban J connectivity index is 0.00000144. The molecular formula is C8H11BrNO2P. The molecule has 0 amide bonds. The minimum Gasteiger partial charge on any atom is -0.322 e. The van der Waals surface area contributed by atoms with Gasteiger partial charge in [0.2, 0.25) is 0 Å². The minimum atomic E-state index is -0.320. The normalized spacial score (nSPS) is 12.1. The molecule has 3 nitrogen and oxygen atoms in total. The van der Waals surface area contributed by atoms with Gasteiger partial charge in [-0.05, 0) is 5.56 Å². The van der Waals surface area contributed by atoms with Crippen LogP contribution in [0.15, 0.2) is 30.3 Å². The van der Waals surface area contributed by atoms with Crippen LogP contribution in [0.3, 0.4) is 0 Å². The molecule has 0 aromatic heterocycles. The fraction of sp³-hybridized carbons (Fsp3) is 0.250. The second kappa shape index (κ2) is 7.15. The third-order valence-corrected chi connectivity index (χ3v) is 1.79. The molecule has 2 N–H and O–H groups in total. The minimum absolute atomic E-state index is 0. The zero-order valence-corrected chi connectivity index (χ0v) is 9.53. The Morgan fingerprint density at radius 2 is 2.00 bits per heavy atom. The van der Waals surface area contributed by atoms with Crippen molar-refractivity contribution in [2.24, 2.45) is 5.73 Å². The number of halogens is 1. The first kappa shape index (κ1) is 12.7. The molecule has 0 aliphatic carbocycles. The first-order valence-electron chi connectivity index (χ1n) is 3.59. The van der Waals surface area contributed by atoms with Crippen molar-refractivity contribution in [1.29, 1.82) is 0 Å². The molecule has 1 unspecified atom stereocenters. The Kier molecular flexibility index (Phi) is 7.00. The van der Waals surface area contributed by atoms with E-state index in [4.69, 9.17) is 5.73 Å². The van der Waals surface area contributed by atoms with E-state index in [1.165, 1.54) is 0 Å². The lowest BCUT2D eigenvalue weighted by Gasteiger charge is -2.08. The molecule has 13 heavy (non-hydrogen) atoms. The van der Waals surface area contributed by atoms with Crippen LogP contribution in [0, 0.1) is 0 Å². The molecule has 0 saturated carbocycles. The van der Waals surface area contributed by atoms with E-state index in [9.17, 15) is 4.57 Å². The number of hydrogen-bond donors (Lipinski definition) is 1. The second-order valence-electron chi connectivity index (χ2n) is 2.39. The van der Waals surface area contributed by atoms with E-state index in [0.717, 1.165) is 5.56 Å². The van der Waals surface area contributed by atoms with Crippen LogP contribution < -0.4 is 5.73 Å². The SMILES string of the molecule is Br.NC(COP=O)c1ccccc1. The largest absolute Gasteiger partial charge is 0.327 e. The van der Waals surface area contributed by atoms with Gasteiger partial charge in [-0.25, -0.2) is 4.57 Å². The summed E-state index contributed by atoms with van der Waals surface area (Å²) in [6, 6.07) is 9.36. The van der Waals surface area contributed by atoms with E-state index >= 15 is 0 Å². The molecule has 0 aliphatic heterocycles. The van der Waals surface area contributed by atoms with Crippen LogP contribution in [-0.4, -0.2) is 6.61 Å². The second-order valence-corrected chi connectivity index (χ2v) is 2.79. The third kappa shape index (κ3) is 4.48. The molecule has 0 radical (unpaired) electrons. The molecule has 72 valence electrons. The summed E-state index contributed by atoms with van der Waals surface area (Å²) < 4.78 is 14.6.